The Balaban J connectivity index is 2.09. The monoisotopic (exact) mass is 495 g/mol. The molecule has 2 amide bonds. The molecule has 10 heteroatoms. The molecule has 34 heavy (non-hydrogen) atoms. The van der Waals surface area contributed by atoms with E-state index in [1.165, 1.54) is 35.5 Å². The van der Waals surface area contributed by atoms with Crippen molar-refractivity contribution in [2.75, 3.05) is 13.1 Å². The molecule has 0 aliphatic heterocycles. The lowest BCUT2D eigenvalue weighted by atomic mass is 10.0. The lowest BCUT2D eigenvalue weighted by molar-refractivity contribution is -0.157. The van der Waals surface area contributed by atoms with Gasteiger partial charge in [0.15, 0.2) is 6.10 Å². The van der Waals surface area contributed by atoms with Crippen LogP contribution in [0.2, 0.25) is 0 Å². The molecule has 1 aromatic rings. The number of ether oxygens (including phenoxy) is 1. The largest absolute Gasteiger partial charge is 0.451 e. The molecule has 0 spiro atoms. The topological polar surface area (TPSA) is 122 Å². The molecular weight excluding hydrogens is 458 g/mol. The van der Waals surface area contributed by atoms with E-state index >= 15 is 0 Å². The fourth-order valence-corrected chi connectivity index (χ4v) is 5.43. The van der Waals surface area contributed by atoms with Gasteiger partial charge in [-0.2, -0.15) is 4.31 Å². The molecule has 1 fully saturated rings. The predicted molar refractivity (Wildman–Crippen MR) is 129 cm³/mol. The molecule has 2 atom stereocenters. The van der Waals surface area contributed by atoms with E-state index in [-0.39, 0.29) is 28.3 Å². The van der Waals surface area contributed by atoms with E-state index in [2.05, 4.69) is 10.6 Å². The van der Waals surface area contributed by atoms with Crippen LogP contribution in [0.5, 0.6) is 0 Å². The highest BCUT2D eigenvalue weighted by atomic mass is 32.2. The smallest absolute Gasteiger partial charge is 0.329 e. The summed E-state index contributed by atoms with van der Waals surface area (Å²) in [5, 5.41) is 5.53. The summed E-state index contributed by atoms with van der Waals surface area (Å²) >= 11 is 0. The summed E-state index contributed by atoms with van der Waals surface area (Å²) in [4.78, 5) is 38.0. The van der Waals surface area contributed by atoms with Gasteiger partial charge in [-0.25, -0.2) is 13.2 Å². The first-order valence-electron chi connectivity index (χ1n) is 11.9. The average Bonchev–Trinajstić information content (AvgIpc) is 3.30. The summed E-state index contributed by atoms with van der Waals surface area (Å²) in [6, 6.07) is 4.80. The number of nitrogens with zero attached hydrogens (tertiary/aromatic N) is 1. The van der Waals surface area contributed by atoms with Gasteiger partial charge in [0.05, 0.1) is 4.90 Å². The molecular formula is C24H37N3O6S. The summed E-state index contributed by atoms with van der Waals surface area (Å²) in [6.45, 7) is 9.10. The Morgan fingerprint density at radius 1 is 1.09 bits per heavy atom. The van der Waals surface area contributed by atoms with Gasteiger partial charge in [0.25, 0.3) is 11.8 Å². The molecule has 0 saturated heterocycles. The Kier molecular flexibility index (Phi) is 10.1. The van der Waals surface area contributed by atoms with Crippen LogP contribution in [0.4, 0.5) is 0 Å². The molecule has 2 rings (SSSR count). The van der Waals surface area contributed by atoms with Gasteiger partial charge >= 0.3 is 5.97 Å². The van der Waals surface area contributed by atoms with Crippen molar-refractivity contribution in [2.45, 2.75) is 83.4 Å². The third kappa shape index (κ3) is 7.02. The van der Waals surface area contributed by atoms with Crippen molar-refractivity contribution >= 4 is 27.8 Å². The van der Waals surface area contributed by atoms with Gasteiger partial charge in [-0.15, -0.1) is 0 Å². The fourth-order valence-electron chi connectivity index (χ4n) is 3.92. The number of amides is 2. The van der Waals surface area contributed by atoms with Crippen LogP contribution < -0.4 is 10.6 Å². The third-order valence-corrected chi connectivity index (χ3v) is 8.06. The van der Waals surface area contributed by atoms with Gasteiger partial charge in [-0.3, -0.25) is 9.59 Å². The molecule has 0 aromatic heterocycles. The van der Waals surface area contributed by atoms with Crippen LogP contribution in [0.1, 0.15) is 70.7 Å². The minimum atomic E-state index is -3.74. The number of carbonyl (C=O) groups is 3. The Hall–Kier alpha value is -2.46. The van der Waals surface area contributed by atoms with Crippen LogP contribution in [0, 0.1) is 5.92 Å². The van der Waals surface area contributed by atoms with Crippen LogP contribution in [0.3, 0.4) is 0 Å². The Bertz CT molecular complexity index is 969. The number of sulfonamides is 1. The van der Waals surface area contributed by atoms with Crippen LogP contribution in [0.25, 0.3) is 0 Å². The minimum Gasteiger partial charge on any atom is -0.451 e. The first-order valence-corrected chi connectivity index (χ1v) is 13.4. The summed E-state index contributed by atoms with van der Waals surface area (Å²) in [5.74, 6) is -1.99. The van der Waals surface area contributed by atoms with Crippen LogP contribution in [-0.2, 0) is 24.3 Å². The Morgan fingerprint density at radius 2 is 1.71 bits per heavy atom. The van der Waals surface area contributed by atoms with Gasteiger partial charge in [-0.1, -0.05) is 46.6 Å². The van der Waals surface area contributed by atoms with E-state index in [1.807, 2.05) is 0 Å². The first kappa shape index (κ1) is 27.8. The summed E-state index contributed by atoms with van der Waals surface area (Å²) in [6.07, 6.45) is 2.98. The van der Waals surface area contributed by atoms with E-state index < -0.39 is 34.0 Å². The molecule has 1 aliphatic rings. The second-order valence-corrected chi connectivity index (χ2v) is 10.8. The molecule has 9 nitrogen and oxygen atoms in total. The zero-order valence-corrected chi connectivity index (χ0v) is 21.5. The number of benzene rings is 1. The number of hydrogen-bond donors (Lipinski definition) is 2. The lowest BCUT2D eigenvalue weighted by Gasteiger charge is -2.24. The minimum absolute atomic E-state index is 0.00438. The second-order valence-electron chi connectivity index (χ2n) is 8.88. The van der Waals surface area contributed by atoms with Crippen molar-refractivity contribution < 1.29 is 27.5 Å². The van der Waals surface area contributed by atoms with Crippen molar-refractivity contribution in [1.29, 1.82) is 0 Å². The highest BCUT2D eigenvalue weighted by Gasteiger charge is 2.31. The molecule has 1 unspecified atom stereocenters. The SMILES string of the molecule is CCN(CC)S(=O)(=O)c1cccc(C(=O)N[C@H](C(=O)OC(C)C(=O)NC2CCCC2)C(C)C)c1. The van der Waals surface area contributed by atoms with Gasteiger partial charge in [0, 0.05) is 24.7 Å². The maximum atomic E-state index is 12.9. The van der Waals surface area contributed by atoms with Crippen LogP contribution in [0.15, 0.2) is 29.2 Å². The van der Waals surface area contributed by atoms with Crippen molar-refractivity contribution in [2.24, 2.45) is 5.92 Å². The Morgan fingerprint density at radius 3 is 2.26 bits per heavy atom. The quantitative estimate of drug-likeness (QED) is 0.455. The number of rotatable bonds is 11. The molecule has 0 bridgehead atoms. The van der Waals surface area contributed by atoms with Crippen molar-refractivity contribution in [3.63, 3.8) is 0 Å². The third-order valence-electron chi connectivity index (χ3n) is 6.01. The number of esters is 1. The maximum Gasteiger partial charge on any atom is 0.329 e. The predicted octanol–water partition coefficient (Wildman–Crippen LogP) is 2.46. The number of hydrogen-bond acceptors (Lipinski definition) is 6. The number of nitrogens with one attached hydrogen (secondary N) is 2. The second kappa shape index (κ2) is 12.3. The molecule has 0 heterocycles. The highest BCUT2D eigenvalue weighted by Crippen LogP contribution is 2.19. The maximum absolute atomic E-state index is 12.9. The normalized spacial score (nSPS) is 16.3. The van der Waals surface area contributed by atoms with Gasteiger partial charge in [0.2, 0.25) is 10.0 Å². The molecule has 1 aliphatic carbocycles. The van der Waals surface area contributed by atoms with Gasteiger partial charge in [0.1, 0.15) is 6.04 Å². The van der Waals surface area contributed by atoms with E-state index in [1.54, 1.807) is 27.7 Å². The van der Waals surface area contributed by atoms with Gasteiger partial charge < -0.3 is 15.4 Å². The summed E-state index contributed by atoms with van der Waals surface area (Å²) < 4.78 is 32.3. The van der Waals surface area contributed by atoms with E-state index in [0.717, 1.165) is 25.7 Å². The van der Waals surface area contributed by atoms with Crippen molar-refractivity contribution in [3.8, 4) is 0 Å². The van der Waals surface area contributed by atoms with E-state index in [9.17, 15) is 22.8 Å². The number of carbonyl (C=O) groups excluding carboxylic acids is 3. The molecule has 2 N–H and O–H groups in total. The molecule has 1 saturated carbocycles. The van der Waals surface area contributed by atoms with Crippen LogP contribution in [-0.4, -0.2) is 61.8 Å². The standard InChI is InChI=1S/C24H37N3O6S/c1-6-27(7-2)34(31,32)20-14-10-11-18(15-20)23(29)26-21(16(3)4)24(30)33-17(5)22(28)25-19-12-8-9-13-19/h10-11,14-17,19,21H,6-9,12-13H2,1-5H3,(H,25,28)(H,26,29)/t17?,21-/m0/s1. The highest BCUT2D eigenvalue weighted by molar-refractivity contribution is 7.89. The van der Waals surface area contributed by atoms with Crippen molar-refractivity contribution in [3.05, 3.63) is 29.8 Å². The average molecular weight is 496 g/mol. The first-order chi connectivity index (χ1) is 16.0. The van der Waals surface area contributed by atoms with E-state index in [0.29, 0.717) is 13.1 Å². The zero-order chi connectivity index (χ0) is 25.5. The fraction of sp³-hybridized carbons (Fsp3) is 0.625. The van der Waals surface area contributed by atoms with Crippen molar-refractivity contribution in [1.82, 2.24) is 14.9 Å². The Labute approximate surface area is 202 Å². The van der Waals surface area contributed by atoms with Crippen LogP contribution >= 0.6 is 0 Å². The van der Waals surface area contributed by atoms with Gasteiger partial charge in [-0.05, 0) is 43.9 Å². The summed E-state index contributed by atoms with van der Waals surface area (Å²) in [7, 11) is -3.74. The molecule has 190 valence electrons. The molecule has 0 radical (unpaired) electrons. The molecule has 1 aromatic carbocycles. The zero-order valence-electron chi connectivity index (χ0n) is 20.7. The lowest BCUT2D eigenvalue weighted by Crippen LogP contribution is -2.48. The van der Waals surface area contributed by atoms with E-state index in [4.69, 9.17) is 4.74 Å². The summed E-state index contributed by atoms with van der Waals surface area (Å²) in [5.41, 5.74) is 0.110.